The Hall–Kier alpha value is -2.17. The van der Waals surface area contributed by atoms with E-state index in [-0.39, 0.29) is 11.2 Å². The van der Waals surface area contributed by atoms with Crippen LogP contribution < -0.4 is 11.3 Å². The maximum absolute atomic E-state index is 13.2. The van der Waals surface area contributed by atoms with Gasteiger partial charge in [0.2, 0.25) is 0 Å². The molecule has 5 heteroatoms. The molecule has 0 amide bonds. The van der Waals surface area contributed by atoms with Gasteiger partial charge in [-0.05, 0) is 23.8 Å². The predicted molar refractivity (Wildman–Crippen MR) is 59.3 cm³/mol. The summed E-state index contributed by atoms with van der Waals surface area (Å²) in [7, 11) is 1.54. The molecule has 16 heavy (non-hydrogen) atoms. The summed E-state index contributed by atoms with van der Waals surface area (Å²) in [5, 5.41) is 3.79. The lowest BCUT2D eigenvalue weighted by molar-refractivity contribution is 0.633. The van der Waals surface area contributed by atoms with Gasteiger partial charge in [-0.15, -0.1) is 0 Å². The van der Waals surface area contributed by atoms with Crippen molar-refractivity contribution in [1.82, 2.24) is 9.78 Å². The summed E-state index contributed by atoms with van der Waals surface area (Å²) < 4.78 is 14.4. The molecule has 0 radical (unpaired) electrons. The standard InChI is InChI=1S/C11H10FN3O/c1-15-11(16)8(4-5-14-15)7-2-3-10(13)9(12)6-7/h2-6H,13H2,1H3. The van der Waals surface area contributed by atoms with Crippen LogP contribution in [0.1, 0.15) is 0 Å². The third-order valence-corrected chi connectivity index (χ3v) is 2.32. The largest absolute Gasteiger partial charge is 0.396 e. The molecule has 0 bridgehead atoms. The van der Waals surface area contributed by atoms with E-state index < -0.39 is 5.82 Å². The van der Waals surface area contributed by atoms with Crippen molar-refractivity contribution in [2.45, 2.75) is 0 Å². The van der Waals surface area contributed by atoms with Crippen molar-refractivity contribution in [2.24, 2.45) is 7.05 Å². The van der Waals surface area contributed by atoms with Gasteiger partial charge >= 0.3 is 0 Å². The SMILES string of the molecule is Cn1nccc(-c2ccc(N)c(F)c2)c1=O. The smallest absolute Gasteiger partial charge is 0.274 e. The number of aryl methyl sites for hydroxylation is 1. The third-order valence-electron chi connectivity index (χ3n) is 2.32. The average molecular weight is 219 g/mol. The molecule has 0 spiro atoms. The average Bonchev–Trinajstić information content (AvgIpc) is 2.26. The van der Waals surface area contributed by atoms with Gasteiger partial charge in [-0.25, -0.2) is 9.07 Å². The van der Waals surface area contributed by atoms with Crippen LogP contribution in [-0.2, 0) is 7.05 Å². The number of halogens is 1. The number of aromatic nitrogens is 2. The first-order valence-corrected chi connectivity index (χ1v) is 4.67. The van der Waals surface area contributed by atoms with Crippen molar-refractivity contribution in [3.8, 4) is 11.1 Å². The number of hydrogen-bond acceptors (Lipinski definition) is 3. The van der Waals surface area contributed by atoms with Gasteiger partial charge in [-0.3, -0.25) is 4.79 Å². The van der Waals surface area contributed by atoms with Crippen LogP contribution >= 0.6 is 0 Å². The zero-order valence-electron chi connectivity index (χ0n) is 8.64. The Morgan fingerprint density at radius 3 is 2.81 bits per heavy atom. The summed E-state index contributed by atoms with van der Waals surface area (Å²) in [4.78, 5) is 11.7. The molecule has 0 unspecified atom stereocenters. The number of anilines is 1. The zero-order valence-corrected chi connectivity index (χ0v) is 8.64. The highest BCUT2D eigenvalue weighted by molar-refractivity contribution is 5.64. The van der Waals surface area contributed by atoms with Crippen molar-refractivity contribution >= 4 is 5.69 Å². The summed E-state index contributed by atoms with van der Waals surface area (Å²) in [5.41, 5.74) is 6.05. The fourth-order valence-corrected chi connectivity index (χ4v) is 1.42. The van der Waals surface area contributed by atoms with Crippen LogP contribution in [0.15, 0.2) is 35.3 Å². The molecule has 82 valence electrons. The van der Waals surface area contributed by atoms with Gasteiger partial charge in [-0.1, -0.05) is 6.07 Å². The van der Waals surface area contributed by atoms with Crippen LogP contribution in [-0.4, -0.2) is 9.78 Å². The number of nitrogen functional groups attached to an aromatic ring is 1. The number of nitrogens with zero attached hydrogens (tertiary/aromatic N) is 2. The molecule has 2 rings (SSSR count). The van der Waals surface area contributed by atoms with Crippen molar-refractivity contribution in [1.29, 1.82) is 0 Å². The van der Waals surface area contributed by atoms with E-state index in [2.05, 4.69) is 5.10 Å². The van der Waals surface area contributed by atoms with Crippen molar-refractivity contribution < 1.29 is 4.39 Å². The van der Waals surface area contributed by atoms with Gasteiger partial charge in [-0.2, -0.15) is 5.10 Å². The molecule has 0 saturated carbocycles. The Morgan fingerprint density at radius 1 is 1.38 bits per heavy atom. The van der Waals surface area contributed by atoms with E-state index in [1.165, 1.54) is 23.0 Å². The van der Waals surface area contributed by atoms with Gasteiger partial charge < -0.3 is 5.73 Å². The maximum Gasteiger partial charge on any atom is 0.274 e. The van der Waals surface area contributed by atoms with Gasteiger partial charge in [0.1, 0.15) is 5.82 Å². The summed E-state index contributed by atoms with van der Waals surface area (Å²) in [6, 6.07) is 5.83. The van der Waals surface area contributed by atoms with E-state index in [1.54, 1.807) is 19.2 Å². The highest BCUT2D eigenvalue weighted by Crippen LogP contribution is 2.19. The molecule has 1 heterocycles. The Morgan fingerprint density at radius 2 is 2.12 bits per heavy atom. The van der Waals surface area contributed by atoms with Crippen LogP contribution in [0.3, 0.4) is 0 Å². The lowest BCUT2D eigenvalue weighted by Crippen LogP contribution is -2.20. The monoisotopic (exact) mass is 219 g/mol. The number of hydrogen-bond donors (Lipinski definition) is 1. The van der Waals surface area contributed by atoms with E-state index in [0.717, 1.165) is 0 Å². The lowest BCUT2D eigenvalue weighted by Gasteiger charge is -2.03. The molecule has 2 aromatic rings. The predicted octanol–water partition coefficient (Wildman–Crippen LogP) is 1.17. The topological polar surface area (TPSA) is 60.9 Å². The molecule has 0 aliphatic heterocycles. The summed E-state index contributed by atoms with van der Waals surface area (Å²) >= 11 is 0. The minimum absolute atomic E-state index is 0.0645. The number of nitrogens with two attached hydrogens (primary N) is 1. The Kier molecular flexibility index (Phi) is 2.44. The molecule has 1 aromatic heterocycles. The van der Waals surface area contributed by atoms with E-state index in [9.17, 15) is 9.18 Å². The molecule has 0 atom stereocenters. The lowest BCUT2D eigenvalue weighted by atomic mass is 10.1. The van der Waals surface area contributed by atoms with Gasteiger partial charge in [0.25, 0.3) is 5.56 Å². The molecule has 1 aromatic carbocycles. The zero-order chi connectivity index (χ0) is 11.7. The van der Waals surface area contributed by atoms with Crippen LogP contribution in [0, 0.1) is 5.82 Å². The maximum atomic E-state index is 13.2. The van der Waals surface area contributed by atoms with Gasteiger partial charge in [0, 0.05) is 13.2 Å². The summed E-state index contributed by atoms with van der Waals surface area (Å²) in [6.07, 6.45) is 1.49. The number of rotatable bonds is 1. The van der Waals surface area contributed by atoms with Gasteiger partial charge in [0.15, 0.2) is 0 Å². The number of benzene rings is 1. The highest BCUT2D eigenvalue weighted by Gasteiger charge is 2.07. The normalized spacial score (nSPS) is 10.4. The van der Waals surface area contributed by atoms with E-state index >= 15 is 0 Å². The second kappa shape index (κ2) is 3.77. The van der Waals surface area contributed by atoms with Crippen LogP contribution in [0.5, 0.6) is 0 Å². The molecule has 0 aliphatic rings. The van der Waals surface area contributed by atoms with E-state index in [1.807, 2.05) is 0 Å². The van der Waals surface area contributed by atoms with Crippen LogP contribution in [0.25, 0.3) is 11.1 Å². The molecular weight excluding hydrogens is 209 g/mol. The first kappa shape index (κ1) is 10.4. The van der Waals surface area contributed by atoms with Crippen LogP contribution in [0.2, 0.25) is 0 Å². The minimum Gasteiger partial charge on any atom is -0.396 e. The molecular formula is C11H10FN3O. The van der Waals surface area contributed by atoms with Crippen molar-refractivity contribution in [2.75, 3.05) is 5.73 Å². The first-order valence-electron chi connectivity index (χ1n) is 4.67. The summed E-state index contributed by atoms with van der Waals surface area (Å²) in [5.74, 6) is -0.531. The van der Waals surface area contributed by atoms with E-state index in [4.69, 9.17) is 5.73 Å². The molecule has 0 saturated heterocycles. The fraction of sp³-hybridized carbons (Fsp3) is 0.0909. The Bertz CT molecular complexity index is 592. The first-order chi connectivity index (χ1) is 7.59. The minimum atomic E-state index is -0.531. The second-order valence-electron chi connectivity index (χ2n) is 3.41. The Balaban J connectivity index is 2.64. The van der Waals surface area contributed by atoms with E-state index in [0.29, 0.717) is 11.1 Å². The molecule has 4 nitrogen and oxygen atoms in total. The Labute approximate surface area is 91.1 Å². The second-order valence-corrected chi connectivity index (χ2v) is 3.41. The van der Waals surface area contributed by atoms with Gasteiger partial charge in [0.05, 0.1) is 11.3 Å². The third kappa shape index (κ3) is 1.67. The molecule has 0 fully saturated rings. The highest BCUT2D eigenvalue weighted by atomic mass is 19.1. The summed E-state index contributed by atoms with van der Waals surface area (Å²) in [6.45, 7) is 0. The molecule has 2 N–H and O–H groups in total. The van der Waals surface area contributed by atoms with Crippen molar-refractivity contribution in [3.63, 3.8) is 0 Å². The van der Waals surface area contributed by atoms with Crippen molar-refractivity contribution in [3.05, 3.63) is 46.6 Å². The molecule has 0 aliphatic carbocycles. The quantitative estimate of drug-likeness (QED) is 0.732. The van der Waals surface area contributed by atoms with Crippen LogP contribution in [0.4, 0.5) is 10.1 Å². The fourth-order valence-electron chi connectivity index (χ4n) is 1.42.